The molecule has 0 fully saturated rings. The van der Waals surface area contributed by atoms with E-state index in [0.717, 1.165) is 61.4 Å². The Balaban J connectivity index is 0.974. The fourth-order valence-corrected chi connectivity index (χ4v) is 10.9. The van der Waals surface area contributed by atoms with Crippen molar-refractivity contribution >= 4 is 109 Å². The van der Waals surface area contributed by atoms with E-state index < -0.39 is 0 Å². The third kappa shape index (κ3) is 7.48. The fourth-order valence-electron chi connectivity index (χ4n) is 9.71. The molecule has 326 valence electrons. The lowest BCUT2D eigenvalue weighted by atomic mass is 10.0. The average molecular weight is 877 g/mol. The van der Waals surface area contributed by atoms with Crippen molar-refractivity contribution in [3.8, 4) is 0 Å². The van der Waals surface area contributed by atoms with Gasteiger partial charge in [-0.15, -0.1) is 11.3 Å². The number of furan rings is 1. The summed E-state index contributed by atoms with van der Waals surface area (Å²) in [5.74, 6) is 1.91. The van der Waals surface area contributed by atoms with E-state index in [1.54, 1.807) is 0 Å². The van der Waals surface area contributed by atoms with Crippen LogP contribution >= 0.6 is 11.3 Å². The van der Waals surface area contributed by atoms with Gasteiger partial charge < -0.3 is 14.2 Å². The van der Waals surface area contributed by atoms with E-state index in [1.165, 1.54) is 58.6 Å². The van der Waals surface area contributed by atoms with Crippen molar-refractivity contribution in [2.45, 2.75) is 79.1 Å². The lowest BCUT2D eigenvalue weighted by molar-refractivity contribution is 0.670. The predicted molar refractivity (Wildman–Crippen MR) is 287 cm³/mol. The SMILES string of the molecule is CC(C)c1ccc(N(c2ccc(C(C)C)cc2)c2ccc3cc4c(cc3c2)oc2cc3sc5cc6cc(N(c7ccc(C(C)C)cc7)c7ccc(C(C)C)cc7)ccc6cc5c3cc24)cc1. The van der Waals surface area contributed by atoms with Gasteiger partial charge in [0.1, 0.15) is 11.2 Å². The number of hydrogen-bond acceptors (Lipinski definition) is 4. The molecule has 4 heteroatoms. The normalized spacial score (nSPS) is 12.2. The summed E-state index contributed by atoms with van der Waals surface area (Å²) in [6.45, 7) is 18.0. The van der Waals surface area contributed by atoms with Crippen LogP contribution in [0.3, 0.4) is 0 Å². The monoisotopic (exact) mass is 876 g/mol. The molecule has 3 nitrogen and oxygen atoms in total. The van der Waals surface area contributed by atoms with E-state index >= 15 is 0 Å². The Morgan fingerprint density at radius 3 is 1.06 bits per heavy atom. The van der Waals surface area contributed by atoms with Crippen LogP contribution in [0.5, 0.6) is 0 Å². The second kappa shape index (κ2) is 16.5. The van der Waals surface area contributed by atoms with Gasteiger partial charge in [-0.25, -0.2) is 0 Å². The molecule has 11 aromatic rings. The highest BCUT2D eigenvalue weighted by atomic mass is 32.1. The smallest absolute Gasteiger partial charge is 0.136 e. The average Bonchev–Trinajstić information content (AvgIpc) is 3.85. The third-order valence-electron chi connectivity index (χ3n) is 13.7. The zero-order valence-corrected chi connectivity index (χ0v) is 40.0. The minimum Gasteiger partial charge on any atom is -0.456 e. The van der Waals surface area contributed by atoms with Gasteiger partial charge in [0.2, 0.25) is 0 Å². The van der Waals surface area contributed by atoms with Crippen molar-refractivity contribution in [1.82, 2.24) is 0 Å². The molecule has 2 aromatic heterocycles. The molecule has 11 rings (SSSR count). The molecule has 0 radical (unpaired) electrons. The maximum Gasteiger partial charge on any atom is 0.136 e. The summed E-state index contributed by atoms with van der Waals surface area (Å²) in [5.41, 5.74) is 14.1. The van der Waals surface area contributed by atoms with Gasteiger partial charge in [-0.05, 0) is 177 Å². The number of anilines is 6. The molecule has 2 heterocycles. The van der Waals surface area contributed by atoms with Crippen LogP contribution in [0.15, 0.2) is 174 Å². The Kier molecular flexibility index (Phi) is 10.5. The van der Waals surface area contributed by atoms with Crippen molar-refractivity contribution < 1.29 is 4.42 Å². The fraction of sp³-hybridized carbons (Fsp3) is 0.194. The summed E-state index contributed by atoms with van der Waals surface area (Å²) in [5, 5.41) is 9.65. The zero-order valence-electron chi connectivity index (χ0n) is 39.2. The van der Waals surface area contributed by atoms with E-state index in [4.69, 9.17) is 4.42 Å². The first-order valence-corrected chi connectivity index (χ1v) is 24.5. The predicted octanol–water partition coefficient (Wildman–Crippen LogP) is 19.7. The number of rotatable bonds is 10. The highest BCUT2D eigenvalue weighted by Gasteiger charge is 2.19. The summed E-state index contributed by atoms with van der Waals surface area (Å²) in [6.07, 6.45) is 0. The molecule has 0 aliphatic carbocycles. The Morgan fingerprint density at radius 1 is 0.303 bits per heavy atom. The molecule has 0 spiro atoms. The number of hydrogen-bond donors (Lipinski definition) is 0. The highest BCUT2D eigenvalue weighted by molar-refractivity contribution is 7.26. The maximum atomic E-state index is 6.74. The van der Waals surface area contributed by atoms with E-state index in [2.05, 4.69) is 235 Å². The molecular formula is C62H56N2OS. The quantitative estimate of drug-likeness (QED) is 0.136. The summed E-state index contributed by atoms with van der Waals surface area (Å²) in [6, 6.07) is 63.9. The van der Waals surface area contributed by atoms with Crippen molar-refractivity contribution in [2.24, 2.45) is 0 Å². The number of fused-ring (bicyclic) bond motifs is 8. The second-order valence-corrected chi connectivity index (χ2v) is 20.5. The molecular weight excluding hydrogens is 821 g/mol. The number of nitrogens with zero attached hydrogens (tertiary/aromatic N) is 2. The first-order chi connectivity index (χ1) is 31.9. The molecule has 0 aliphatic rings. The van der Waals surface area contributed by atoms with Gasteiger partial charge in [0.25, 0.3) is 0 Å². The van der Waals surface area contributed by atoms with Gasteiger partial charge in [-0.3, -0.25) is 0 Å². The van der Waals surface area contributed by atoms with Crippen molar-refractivity contribution in [1.29, 1.82) is 0 Å². The third-order valence-corrected chi connectivity index (χ3v) is 14.9. The Labute approximate surface area is 392 Å². The Bertz CT molecular complexity index is 3230. The topological polar surface area (TPSA) is 19.6 Å². The van der Waals surface area contributed by atoms with Crippen molar-refractivity contribution in [2.75, 3.05) is 9.80 Å². The van der Waals surface area contributed by atoms with Crippen LogP contribution in [0, 0.1) is 0 Å². The Morgan fingerprint density at radius 2 is 0.636 bits per heavy atom. The summed E-state index contributed by atoms with van der Waals surface area (Å²) in [4.78, 5) is 4.76. The summed E-state index contributed by atoms with van der Waals surface area (Å²) >= 11 is 1.85. The van der Waals surface area contributed by atoms with E-state index in [9.17, 15) is 0 Å². The first-order valence-electron chi connectivity index (χ1n) is 23.7. The second-order valence-electron chi connectivity index (χ2n) is 19.5. The minimum absolute atomic E-state index is 0.475. The van der Waals surface area contributed by atoms with Crippen LogP contribution in [0.25, 0.3) is 63.7 Å². The molecule has 66 heavy (non-hydrogen) atoms. The van der Waals surface area contributed by atoms with E-state index in [-0.39, 0.29) is 0 Å². The minimum atomic E-state index is 0.475. The van der Waals surface area contributed by atoms with Gasteiger partial charge in [-0.1, -0.05) is 116 Å². The van der Waals surface area contributed by atoms with E-state index in [0.29, 0.717) is 23.7 Å². The van der Waals surface area contributed by atoms with Crippen LogP contribution in [0.1, 0.15) is 101 Å². The van der Waals surface area contributed by atoms with Gasteiger partial charge >= 0.3 is 0 Å². The van der Waals surface area contributed by atoms with Gasteiger partial charge in [-0.2, -0.15) is 0 Å². The largest absolute Gasteiger partial charge is 0.456 e. The summed E-state index contributed by atoms with van der Waals surface area (Å²) < 4.78 is 9.25. The molecule has 0 atom stereocenters. The van der Waals surface area contributed by atoms with Crippen LogP contribution in [0.2, 0.25) is 0 Å². The molecule has 9 aromatic carbocycles. The molecule has 0 bridgehead atoms. The van der Waals surface area contributed by atoms with E-state index in [1.807, 2.05) is 11.3 Å². The lowest BCUT2D eigenvalue weighted by Gasteiger charge is -2.26. The van der Waals surface area contributed by atoms with Crippen LogP contribution < -0.4 is 9.80 Å². The van der Waals surface area contributed by atoms with Gasteiger partial charge in [0.15, 0.2) is 0 Å². The molecule has 0 saturated heterocycles. The number of thiophene rings is 1. The molecule has 0 N–H and O–H groups in total. The molecule has 0 unspecified atom stereocenters. The molecule has 0 aliphatic heterocycles. The molecule has 0 amide bonds. The van der Waals surface area contributed by atoms with Gasteiger partial charge in [0.05, 0.1) is 0 Å². The van der Waals surface area contributed by atoms with Gasteiger partial charge in [0, 0.05) is 65.1 Å². The highest BCUT2D eigenvalue weighted by Crippen LogP contribution is 2.45. The lowest BCUT2D eigenvalue weighted by Crippen LogP contribution is -2.10. The van der Waals surface area contributed by atoms with Crippen molar-refractivity contribution in [3.05, 3.63) is 192 Å². The standard InChI is InChI=1S/C62H56N2OS/c1-37(2)41-9-19-49(20-10-41)63(50-21-11-42(12-22-50)38(3)4)53-27-17-45-31-55-56-35-58-57-32-46-18-28-54(30-48(46)34-61(57)66-62(58)36-60(56)65-59(55)33-47(45)29-53)64(51-23-13-43(14-24-51)39(5)6)52-25-15-44(16-26-52)40(7)8/h9-40H,1-8H3. The first kappa shape index (κ1) is 41.8. The summed E-state index contributed by atoms with van der Waals surface area (Å²) in [7, 11) is 0. The van der Waals surface area contributed by atoms with Crippen LogP contribution in [-0.2, 0) is 0 Å². The van der Waals surface area contributed by atoms with Crippen LogP contribution in [0.4, 0.5) is 34.1 Å². The molecule has 0 saturated carbocycles. The Hall–Kier alpha value is -6.88. The maximum absolute atomic E-state index is 6.74. The number of benzene rings is 9. The van der Waals surface area contributed by atoms with Crippen LogP contribution in [-0.4, -0.2) is 0 Å². The van der Waals surface area contributed by atoms with Crippen molar-refractivity contribution in [3.63, 3.8) is 0 Å². The zero-order chi connectivity index (χ0) is 45.4.